The van der Waals surface area contributed by atoms with Gasteiger partial charge in [0, 0.05) is 12.1 Å². The Hall–Kier alpha value is -1.75. The maximum absolute atomic E-state index is 12.9. The molecular formula is C20H28N2O3. The summed E-state index contributed by atoms with van der Waals surface area (Å²) >= 11 is 0. The van der Waals surface area contributed by atoms with Crippen LogP contribution in [0.2, 0.25) is 0 Å². The van der Waals surface area contributed by atoms with Crippen LogP contribution in [0.1, 0.15) is 37.7 Å². The van der Waals surface area contributed by atoms with E-state index in [0.717, 1.165) is 29.9 Å². The monoisotopic (exact) mass is 344 g/mol. The minimum absolute atomic E-state index is 0.129. The van der Waals surface area contributed by atoms with Gasteiger partial charge in [-0.25, -0.2) is 0 Å². The fraction of sp³-hybridized carbons (Fsp3) is 0.650. The van der Waals surface area contributed by atoms with Crippen LogP contribution >= 0.6 is 0 Å². The predicted molar refractivity (Wildman–Crippen MR) is 95.7 cm³/mol. The van der Waals surface area contributed by atoms with Gasteiger partial charge in [0.15, 0.2) is 0 Å². The van der Waals surface area contributed by atoms with Gasteiger partial charge in [-0.05, 0) is 67.7 Å². The lowest BCUT2D eigenvalue weighted by atomic mass is 9.67. The number of methoxy groups -OCH3 is 1. The number of nitrogens with one attached hydrogen (secondary N) is 1. The quantitative estimate of drug-likeness (QED) is 0.882. The van der Waals surface area contributed by atoms with Gasteiger partial charge in [0.25, 0.3) is 0 Å². The largest absolute Gasteiger partial charge is 0.497 e. The van der Waals surface area contributed by atoms with E-state index in [1.54, 1.807) is 7.11 Å². The molecule has 5 nitrogen and oxygen atoms in total. The minimum Gasteiger partial charge on any atom is -0.497 e. The van der Waals surface area contributed by atoms with Crippen LogP contribution in [0.5, 0.6) is 11.5 Å². The van der Waals surface area contributed by atoms with Crippen LogP contribution < -0.4 is 20.5 Å². The third-order valence-corrected chi connectivity index (χ3v) is 6.23. The first-order chi connectivity index (χ1) is 12.1. The highest BCUT2D eigenvalue weighted by Gasteiger charge is 2.41. The van der Waals surface area contributed by atoms with Gasteiger partial charge in [0.2, 0.25) is 5.91 Å². The molecule has 0 saturated heterocycles. The highest BCUT2D eigenvalue weighted by molar-refractivity contribution is 5.80. The lowest BCUT2D eigenvalue weighted by Crippen LogP contribution is -2.55. The van der Waals surface area contributed by atoms with Crippen molar-refractivity contribution in [3.05, 3.63) is 23.8 Å². The van der Waals surface area contributed by atoms with Crippen LogP contribution in [-0.2, 0) is 11.2 Å². The molecular weight excluding hydrogens is 316 g/mol. The molecule has 0 radical (unpaired) electrons. The average Bonchev–Trinajstić information content (AvgIpc) is 2.61. The number of rotatable bonds is 3. The van der Waals surface area contributed by atoms with Crippen molar-refractivity contribution in [2.24, 2.45) is 23.5 Å². The average molecular weight is 344 g/mol. The van der Waals surface area contributed by atoms with E-state index in [0.29, 0.717) is 36.9 Å². The Bertz CT molecular complexity index is 634. The van der Waals surface area contributed by atoms with Crippen LogP contribution in [0.4, 0.5) is 0 Å². The molecule has 3 aliphatic rings. The van der Waals surface area contributed by atoms with E-state index in [1.165, 1.54) is 19.3 Å². The molecule has 2 fully saturated rings. The molecule has 3 atom stereocenters. The minimum atomic E-state index is -0.129. The Morgan fingerprint density at radius 1 is 1.28 bits per heavy atom. The molecule has 1 aromatic carbocycles. The second-order valence-electron chi connectivity index (χ2n) is 7.90. The first kappa shape index (κ1) is 16.7. The van der Waals surface area contributed by atoms with Crippen molar-refractivity contribution in [3.8, 4) is 11.5 Å². The van der Waals surface area contributed by atoms with Gasteiger partial charge in [-0.3, -0.25) is 4.79 Å². The Morgan fingerprint density at radius 2 is 2.04 bits per heavy atom. The molecule has 5 heteroatoms. The number of nitrogens with two attached hydrogens (primary N) is 1. The fourth-order valence-electron chi connectivity index (χ4n) is 4.97. The number of carbonyl (C=O) groups is 1. The van der Waals surface area contributed by atoms with Crippen molar-refractivity contribution in [2.75, 3.05) is 13.7 Å². The molecule has 1 aliphatic heterocycles. The maximum atomic E-state index is 12.9. The number of hydrogen-bond acceptors (Lipinski definition) is 4. The Kier molecular flexibility index (Phi) is 4.59. The van der Waals surface area contributed by atoms with Crippen molar-refractivity contribution in [1.82, 2.24) is 5.32 Å². The van der Waals surface area contributed by atoms with Gasteiger partial charge in [-0.1, -0.05) is 6.42 Å². The topological polar surface area (TPSA) is 73.6 Å². The van der Waals surface area contributed by atoms with Crippen LogP contribution in [0.15, 0.2) is 18.2 Å². The van der Waals surface area contributed by atoms with E-state index in [9.17, 15) is 4.79 Å². The maximum Gasteiger partial charge on any atom is 0.227 e. The summed E-state index contributed by atoms with van der Waals surface area (Å²) in [5, 5.41) is 3.36. The van der Waals surface area contributed by atoms with Gasteiger partial charge in [0.1, 0.15) is 18.1 Å². The third kappa shape index (κ3) is 3.34. The van der Waals surface area contributed by atoms with Crippen molar-refractivity contribution in [3.63, 3.8) is 0 Å². The van der Waals surface area contributed by atoms with Gasteiger partial charge in [-0.15, -0.1) is 0 Å². The number of fused-ring (bicyclic) bond motifs is 3. The highest BCUT2D eigenvalue weighted by atomic mass is 16.5. The molecule has 1 heterocycles. The lowest BCUT2D eigenvalue weighted by Gasteiger charge is -2.45. The molecule has 2 saturated carbocycles. The van der Waals surface area contributed by atoms with Gasteiger partial charge < -0.3 is 20.5 Å². The molecule has 2 aliphatic carbocycles. The number of amides is 1. The molecule has 0 aromatic heterocycles. The van der Waals surface area contributed by atoms with Crippen LogP contribution in [-0.4, -0.2) is 31.7 Å². The van der Waals surface area contributed by atoms with Gasteiger partial charge in [0.05, 0.1) is 13.0 Å². The molecule has 1 amide bonds. The molecule has 4 rings (SSSR count). The fourth-order valence-corrected chi connectivity index (χ4v) is 4.97. The second kappa shape index (κ2) is 6.87. The highest BCUT2D eigenvalue weighted by Crippen LogP contribution is 2.40. The zero-order valence-corrected chi connectivity index (χ0v) is 14.9. The van der Waals surface area contributed by atoms with E-state index in [-0.39, 0.29) is 11.8 Å². The van der Waals surface area contributed by atoms with Crippen molar-refractivity contribution in [1.29, 1.82) is 0 Å². The van der Waals surface area contributed by atoms with Crippen LogP contribution in [0.25, 0.3) is 0 Å². The van der Waals surface area contributed by atoms with Gasteiger partial charge in [-0.2, -0.15) is 0 Å². The smallest absolute Gasteiger partial charge is 0.227 e. The standard InChI is InChI=1S/C20H28N2O3/c1-24-17-5-6-18-14(10-17)7-15(11-25-18)20(23)22-19-12-3-2-4-13(19)9-16(21)8-12/h5-6,10,12-13,15-16,19H,2-4,7-9,11,21H2,1H3,(H,22,23). The Balaban J connectivity index is 1.43. The zero-order chi connectivity index (χ0) is 17.4. The molecule has 3 unspecified atom stereocenters. The van der Waals surface area contributed by atoms with Crippen molar-refractivity contribution >= 4 is 5.91 Å². The molecule has 0 spiro atoms. The third-order valence-electron chi connectivity index (χ3n) is 6.23. The van der Waals surface area contributed by atoms with Crippen LogP contribution in [0, 0.1) is 17.8 Å². The van der Waals surface area contributed by atoms with Crippen molar-refractivity contribution < 1.29 is 14.3 Å². The number of hydrogen-bond donors (Lipinski definition) is 2. The zero-order valence-electron chi connectivity index (χ0n) is 14.9. The number of benzene rings is 1. The van der Waals surface area contributed by atoms with Gasteiger partial charge >= 0.3 is 0 Å². The van der Waals surface area contributed by atoms with E-state index < -0.39 is 0 Å². The molecule has 136 valence electrons. The van der Waals surface area contributed by atoms with Crippen molar-refractivity contribution in [2.45, 2.75) is 50.6 Å². The summed E-state index contributed by atoms with van der Waals surface area (Å²) in [5.74, 6) is 2.76. The summed E-state index contributed by atoms with van der Waals surface area (Å²) in [7, 11) is 1.65. The first-order valence-corrected chi connectivity index (χ1v) is 9.49. The second-order valence-corrected chi connectivity index (χ2v) is 7.90. The Morgan fingerprint density at radius 3 is 2.76 bits per heavy atom. The van der Waals surface area contributed by atoms with E-state index in [4.69, 9.17) is 15.2 Å². The number of ether oxygens (including phenoxy) is 2. The molecule has 25 heavy (non-hydrogen) atoms. The molecule has 3 N–H and O–H groups in total. The Labute approximate surface area is 149 Å². The molecule has 1 aromatic rings. The van der Waals surface area contributed by atoms with E-state index >= 15 is 0 Å². The SMILES string of the molecule is COc1ccc2c(c1)CC(C(=O)NC1C3CCCC1CC(N)C3)CO2. The summed E-state index contributed by atoms with van der Waals surface area (Å²) in [4.78, 5) is 12.9. The summed E-state index contributed by atoms with van der Waals surface area (Å²) < 4.78 is 11.1. The van der Waals surface area contributed by atoms with Crippen LogP contribution in [0.3, 0.4) is 0 Å². The predicted octanol–water partition coefficient (Wildman–Crippen LogP) is 2.27. The summed E-state index contributed by atoms with van der Waals surface area (Å²) in [6.45, 7) is 0.451. The number of carbonyl (C=O) groups excluding carboxylic acids is 1. The van der Waals surface area contributed by atoms with E-state index in [2.05, 4.69) is 5.32 Å². The first-order valence-electron chi connectivity index (χ1n) is 9.49. The normalized spacial score (nSPS) is 33.8. The summed E-state index contributed by atoms with van der Waals surface area (Å²) in [6.07, 6.45) is 6.45. The summed E-state index contributed by atoms with van der Waals surface area (Å²) in [5.41, 5.74) is 7.25. The van der Waals surface area contributed by atoms with E-state index in [1.807, 2.05) is 18.2 Å². The molecule has 2 bridgehead atoms. The summed E-state index contributed by atoms with van der Waals surface area (Å²) in [6, 6.07) is 6.40. The lowest BCUT2D eigenvalue weighted by molar-refractivity contribution is -0.128.